The number of hydrogen-bond donors (Lipinski definition) is 2. The number of carbonyl (C=O) groups excluding carboxylic acids is 2. The molecule has 0 aromatic heterocycles. The molecule has 0 aliphatic carbocycles. The van der Waals surface area contributed by atoms with Crippen LogP contribution in [0.1, 0.15) is 29.3 Å². The van der Waals surface area contributed by atoms with Crippen molar-refractivity contribution in [2.45, 2.75) is 19.9 Å². The molecule has 4 heteroatoms. The van der Waals surface area contributed by atoms with Gasteiger partial charge >= 0.3 is 0 Å². The van der Waals surface area contributed by atoms with Crippen molar-refractivity contribution in [2.75, 3.05) is 11.9 Å². The fourth-order valence-electron chi connectivity index (χ4n) is 2.04. The highest BCUT2D eigenvalue weighted by Crippen LogP contribution is 2.10. The first kappa shape index (κ1) is 15.9. The van der Waals surface area contributed by atoms with Gasteiger partial charge in [0.25, 0.3) is 0 Å². The highest BCUT2D eigenvalue weighted by molar-refractivity contribution is 5.95. The summed E-state index contributed by atoms with van der Waals surface area (Å²) in [5, 5.41) is 6.05. The van der Waals surface area contributed by atoms with E-state index in [9.17, 15) is 9.59 Å². The standard InChI is InChI=1S/C18H20N2O2/c1-14(21)16-7-9-17(10-8-16)20-18(22)11-12-19-13-15-5-3-2-4-6-15/h2-10,19H,11-13H2,1H3,(H,20,22). The third-order valence-corrected chi connectivity index (χ3v) is 3.28. The third-order valence-electron chi connectivity index (χ3n) is 3.28. The topological polar surface area (TPSA) is 58.2 Å². The molecule has 0 atom stereocenters. The van der Waals surface area contributed by atoms with Gasteiger partial charge in [0.15, 0.2) is 5.78 Å². The lowest BCUT2D eigenvalue weighted by Gasteiger charge is -2.07. The first-order valence-electron chi connectivity index (χ1n) is 7.30. The first-order valence-corrected chi connectivity index (χ1v) is 7.30. The van der Waals surface area contributed by atoms with Gasteiger partial charge in [0.1, 0.15) is 0 Å². The molecule has 0 aliphatic heterocycles. The number of nitrogens with one attached hydrogen (secondary N) is 2. The van der Waals surface area contributed by atoms with Crippen LogP contribution in [0.4, 0.5) is 5.69 Å². The Kier molecular flexibility index (Phi) is 5.86. The van der Waals surface area contributed by atoms with E-state index in [1.807, 2.05) is 30.3 Å². The highest BCUT2D eigenvalue weighted by Gasteiger charge is 2.03. The maximum absolute atomic E-state index is 11.8. The van der Waals surface area contributed by atoms with Crippen LogP contribution in [-0.4, -0.2) is 18.2 Å². The van der Waals surface area contributed by atoms with E-state index in [-0.39, 0.29) is 11.7 Å². The smallest absolute Gasteiger partial charge is 0.225 e. The summed E-state index contributed by atoms with van der Waals surface area (Å²) in [6, 6.07) is 17.0. The van der Waals surface area contributed by atoms with E-state index >= 15 is 0 Å². The Morgan fingerprint density at radius 1 is 0.955 bits per heavy atom. The molecule has 0 spiro atoms. The van der Waals surface area contributed by atoms with Gasteiger partial charge in [-0.25, -0.2) is 0 Å². The molecule has 2 rings (SSSR count). The van der Waals surface area contributed by atoms with Crippen molar-refractivity contribution in [1.82, 2.24) is 5.32 Å². The van der Waals surface area contributed by atoms with E-state index in [1.54, 1.807) is 24.3 Å². The van der Waals surface area contributed by atoms with Crippen LogP contribution in [0.2, 0.25) is 0 Å². The van der Waals surface area contributed by atoms with Crippen molar-refractivity contribution >= 4 is 17.4 Å². The average Bonchev–Trinajstić information content (AvgIpc) is 2.53. The highest BCUT2D eigenvalue weighted by atomic mass is 16.1. The van der Waals surface area contributed by atoms with Gasteiger partial charge in [-0.2, -0.15) is 0 Å². The Bertz CT molecular complexity index is 621. The molecule has 0 fully saturated rings. The summed E-state index contributed by atoms with van der Waals surface area (Å²) >= 11 is 0. The van der Waals surface area contributed by atoms with E-state index in [0.29, 0.717) is 24.2 Å². The normalized spacial score (nSPS) is 10.2. The molecule has 2 aromatic rings. The van der Waals surface area contributed by atoms with Crippen molar-refractivity contribution in [3.05, 3.63) is 65.7 Å². The number of rotatable bonds is 7. The average molecular weight is 296 g/mol. The van der Waals surface area contributed by atoms with E-state index in [4.69, 9.17) is 0 Å². The van der Waals surface area contributed by atoms with Crippen molar-refractivity contribution in [3.63, 3.8) is 0 Å². The number of hydrogen-bond acceptors (Lipinski definition) is 3. The molecule has 0 heterocycles. The fourth-order valence-corrected chi connectivity index (χ4v) is 2.04. The Balaban J connectivity index is 1.70. The minimum atomic E-state index is -0.0452. The van der Waals surface area contributed by atoms with Crippen molar-refractivity contribution in [3.8, 4) is 0 Å². The molecule has 0 unspecified atom stereocenters. The van der Waals surface area contributed by atoms with Crippen LogP contribution in [-0.2, 0) is 11.3 Å². The van der Waals surface area contributed by atoms with Gasteiger partial charge < -0.3 is 10.6 Å². The third kappa shape index (κ3) is 5.14. The molecular formula is C18H20N2O2. The second kappa shape index (κ2) is 8.10. The lowest BCUT2D eigenvalue weighted by molar-refractivity contribution is -0.116. The van der Waals surface area contributed by atoms with Gasteiger partial charge in [0.05, 0.1) is 0 Å². The van der Waals surface area contributed by atoms with Crippen LogP contribution in [0.25, 0.3) is 0 Å². The lowest BCUT2D eigenvalue weighted by Crippen LogP contribution is -2.21. The lowest BCUT2D eigenvalue weighted by atomic mass is 10.1. The SMILES string of the molecule is CC(=O)c1ccc(NC(=O)CCNCc2ccccc2)cc1. The van der Waals surface area contributed by atoms with E-state index in [2.05, 4.69) is 10.6 Å². The molecule has 2 N–H and O–H groups in total. The second-order valence-corrected chi connectivity index (χ2v) is 5.09. The van der Waals surface area contributed by atoms with Crippen molar-refractivity contribution in [1.29, 1.82) is 0 Å². The Hall–Kier alpha value is -2.46. The Morgan fingerprint density at radius 3 is 2.27 bits per heavy atom. The van der Waals surface area contributed by atoms with Gasteiger partial charge in [-0.3, -0.25) is 9.59 Å². The van der Waals surface area contributed by atoms with Crippen molar-refractivity contribution < 1.29 is 9.59 Å². The van der Waals surface area contributed by atoms with Gasteiger partial charge in [-0.05, 0) is 36.8 Å². The molecule has 0 radical (unpaired) electrons. The van der Waals surface area contributed by atoms with Crippen LogP contribution in [0.3, 0.4) is 0 Å². The van der Waals surface area contributed by atoms with Crippen LogP contribution >= 0.6 is 0 Å². The zero-order valence-corrected chi connectivity index (χ0v) is 12.6. The molecule has 114 valence electrons. The number of amides is 1. The molecular weight excluding hydrogens is 276 g/mol. The molecule has 0 saturated heterocycles. The molecule has 0 aliphatic rings. The van der Waals surface area contributed by atoms with E-state index in [1.165, 1.54) is 12.5 Å². The second-order valence-electron chi connectivity index (χ2n) is 5.09. The summed E-state index contributed by atoms with van der Waals surface area (Å²) in [6.07, 6.45) is 0.404. The number of ketones is 1. The molecule has 22 heavy (non-hydrogen) atoms. The summed E-state index contributed by atoms with van der Waals surface area (Å²) in [5.74, 6) is -0.0286. The molecule has 4 nitrogen and oxygen atoms in total. The molecule has 2 aromatic carbocycles. The summed E-state index contributed by atoms with van der Waals surface area (Å²) in [4.78, 5) is 23.0. The van der Waals surface area contributed by atoms with Crippen LogP contribution in [0, 0.1) is 0 Å². The summed E-state index contributed by atoms with van der Waals surface area (Å²) in [7, 11) is 0. The minimum Gasteiger partial charge on any atom is -0.326 e. The monoisotopic (exact) mass is 296 g/mol. The van der Waals surface area contributed by atoms with Crippen LogP contribution in [0.5, 0.6) is 0 Å². The summed E-state index contributed by atoms with van der Waals surface area (Å²) in [6.45, 7) is 2.89. The zero-order chi connectivity index (χ0) is 15.8. The van der Waals surface area contributed by atoms with Gasteiger partial charge in [-0.1, -0.05) is 30.3 Å². The largest absolute Gasteiger partial charge is 0.326 e. The quantitative estimate of drug-likeness (QED) is 0.610. The number of carbonyl (C=O) groups is 2. The molecule has 0 saturated carbocycles. The van der Waals surface area contributed by atoms with Gasteiger partial charge in [-0.15, -0.1) is 0 Å². The van der Waals surface area contributed by atoms with Crippen molar-refractivity contribution in [2.24, 2.45) is 0 Å². The number of anilines is 1. The number of benzene rings is 2. The van der Waals surface area contributed by atoms with Crippen LogP contribution < -0.4 is 10.6 Å². The Labute approximate surface area is 130 Å². The maximum atomic E-state index is 11.8. The first-order chi connectivity index (χ1) is 10.6. The van der Waals surface area contributed by atoms with E-state index < -0.39 is 0 Å². The van der Waals surface area contributed by atoms with E-state index in [0.717, 1.165) is 6.54 Å². The van der Waals surface area contributed by atoms with Crippen LogP contribution in [0.15, 0.2) is 54.6 Å². The zero-order valence-electron chi connectivity index (χ0n) is 12.6. The predicted octanol–water partition coefficient (Wildman–Crippen LogP) is 3.01. The number of Topliss-reactive ketones (excluding diaryl/α,β-unsaturated/α-hetero) is 1. The maximum Gasteiger partial charge on any atom is 0.225 e. The fraction of sp³-hybridized carbons (Fsp3) is 0.222. The molecule has 1 amide bonds. The van der Waals surface area contributed by atoms with Gasteiger partial charge in [0, 0.05) is 30.8 Å². The van der Waals surface area contributed by atoms with Gasteiger partial charge in [0.2, 0.25) is 5.91 Å². The molecule has 0 bridgehead atoms. The predicted molar refractivity (Wildman–Crippen MR) is 87.8 cm³/mol. The summed E-state index contributed by atoms with van der Waals surface area (Å²) in [5.41, 5.74) is 2.54. The summed E-state index contributed by atoms with van der Waals surface area (Å²) < 4.78 is 0. The Morgan fingerprint density at radius 2 is 1.64 bits per heavy atom. The minimum absolute atomic E-state index is 0.0167.